The van der Waals surface area contributed by atoms with E-state index in [0.717, 1.165) is 29.1 Å². The van der Waals surface area contributed by atoms with Crippen LogP contribution in [0.5, 0.6) is 0 Å². The fourth-order valence-electron chi connectivity index (χ4n) is 3.00. The number of nitrogens with zero attached hydrogens (tertiary/aromatic N) is 2. The van der Waals surface area contributed by atoms with Crippen LogP contribution in [-0.4, -0.2) is 23.6 Å². The Hall–Kier alpha value is -2.51. The first-order valence-corrected chi connectivity index (χ1v) is 9.16. The van der Waals surface area contributed by atoms with E-state index >= 15 is 0 Å². The average molecular weight is 340 g/mol. The summed E-state index contributed by atoms with van der Waals surface area (Å²) in [5.74, 6) is 0.720. The lowest BCUT2D eigenvalue weighted by Crippen LogP contribution is -2.11. The average Bonchev–Trinajstić information content (AvgIpc) is 3.19. The molecule has 0 amide bonds. The minimum Gasteiger partial charge on any atom is -0.276 e. The quantitative estimate of drug-likeness (QED) is 0.761. The minimum atomic E-state index is -3.64. The summed E-state index contributed by atoms with van der Waals surface area (Å²) in [5, 5.41) is 12.0. The van der Waals surface area contributed by atoms with Gasteiger partial charge in [-0.15, -0.1) is 0 Å². The summed E-state index contributed by atoms with van der Waals surface area (Å²) in [6, 6.07) is 14.7. The van der Waals surface area contributed by atoms with Gasteiger partial charge in [-0.05, 0) is 48.2 Å². The molecule has 2 heterocycles. The van der Waals surface area contributed by atoms with Crippen molar-refractivity contribution < 1.29 is 8.42 Å². The molecule has 1 aliphatic rings. The van der Waals surface area contributed by atoms with Crippen LogP contribution < -0.4 is 5.14 Å². The van der Waals surface area contributed by atoms with Crippen molar-refractivity contribution >= 4 is 10.0 Å². The molecule has 1 aromatic carbocycles. The van der Waals surface area contributed by atoms with Crippen molar-refractivity contribution in [1.82, 2.24) is 15.2 Å². The molecule has 7 heteroatoms. The van der Waals surface area contributed by atoms with E-state index in [1.54, 1.807) is 18.3 Å². The third kappa shape index (κ3) is 2.83. The van der Waals surface area contributed by atoms with Gasteiger partial charge in [-0.25, -0.2) is 13.6 Å². The number of nitrogens with two attached hydrogens (primary N) is 1. The molecule has 1 fully saturated rings. The van der Waals surface area contributed by atoms with Gasteiger partial charge in [-0.3, -0.25) is 10.1 Å². The lowest BCUT2D eigenvalue weighted by molar-refractivity contribution is 0.598. The number of sulfonamides is 1. The predicted molar refractivity (Wildman–Crippen MR) is 89.7 cm³/mol. The number of aromatic amines is 1. The molecule has 0 saturated heterocycles. The van der Waals surface area contributed by atoms with Gasteiger partial charge in [0.25, 0.3) is 0 Å². The number of nitrogens with one attached hydrogen (secondary N) is 1. The molecule has 3 N–H and O–H groups in total. The molecule has 6 nitrogen and oxygen atoms in total. The van der Waals surface area contributed by atoms with Crippen LogP contribution in [-0.2, 0) is 10.0 Å². The number of primary sulfonamides is 1. The van der Waals surface area contributed by atoms with Crippen LogP contribution in [0.15, 0.2) is 59.6 Å². The maximum absolute atomic E-state index is 11.3. The fraction of sp³-hybridized carbons (Fsp3) is 0.176. The molecule has 2 atom stereocenters. The second-order valence-electron chi connectivity index (χ2n) is 5.98. The number of aromatic nitrogens is 3. The lowest BCUT2D eigenvalue weighted by atomic mass is 10.1. The number of benzene rings is 1. The van der Waals surface area contributed by atoms with Crippen LogP contribution in [0.3, 0.4) is 0 Å². The van der Waals surface area contributed by atoms with Gasteiger partial charge in [0.15, 0.2) is 0 Å². The topological polar surface area (TPSA) is 102 Å². The molecule has 0 spiro atoms. The van der Waals surface area contributed by atoms with E-state index in [2.05, 4.69) is 10.2 Å². The number of pyridine rings is 1. The van der Waals surface area contributed by atoms with Crippen LogP contribution >= 0.6 is 0 Å². The third-order valence-corrected chi connectivity index (χ3v) is 5.28. The highest BCUT2D eigenvalue weighted by Crippen LogP contribution is 2.54. The van der Waals surface area contributed by atoms with Crippen molar-refractivity contribution in [3.05, 3.63) is 66.0 Å². The van der Waals surface area contributed by atoms with Crippen LogP contribution in [0.1, 0.15) is 29.5 Å². The van der Waals surface area contributed by atoms with Crippen LogP contribution in [0.25, 0.3) is 11.4 Å². The van der Waals surface area contributed by atoms with Crippen molar-refractivity contribution in [3.63, 3.8) is 0 Å². The summed E-state index contributed by atoms with van der Waals surface area (Å²) in [4.78, 5) is 4.86. The Kier molecular flexibility index (Phi) is 3.47. The van der Waals surface area contributed by atoms with Crippen LogP contribution in [0.4, 0.5) is 0 Å². The summed E-state index contributed by atoms with van der Waals surface area (Å²) in [7, 11) is -3.64. The van der Waals surface area contributed by atoms with E-state index in [1.807, 2.05) is 36.4 Å². The first kappa shape index (κ1) is 15.0. The van der Waals surface area contributed by atoms with Crippen LogP contribution in [0, 0.1) is 0 Å². The molecule has 1 saturated carbocycles. The Morgan fingerprint density at radius 1 is 1.04 bits per heavy atom. The van der Waals surface area contributed by atoms with E-state index in [0.29, 0.717) is 11.8 Å². The van der Waals surface area contributed by atoms with Crippen LogP contribution in [0.2, 0.25) is 0 Å². The van der Waals surface area contributed by atoms with Gasteiger partial charge in [0, 0.05) is 17.8 Å². The van der Waals surface area contributed by atoms with E-state index < -0.39 is 10.0 Å². The van der Waals surface area contributed by atoms with Gasteiger partial charge >= 0.3 is 0 Å². The van der Waals surface area contributed by atoms with E-state index in [1.165, 1.54) is 0 Å². The van der Waals surface area contributed by atoms with Gasteiger partial charge in [-0.1, -0.05) is 18.2 Å². The number of hydrogen-bond donors (Lipinski definition) is 2. The second-order valence-corrected chi connectivity index (χ2v) is 7.54. The summed E-state index contributed by atoms with van der Waals surface area (Å²) in [6.07, 6.45) is 2.71. The summed E-state index contributed by atoms with van der Waals surface area (Å²) < 4.78 is 22.7. The molecule has 0 radical (unpaired) electrons. The third-order valence-electron chi connectivity index (χ3n) is 4.35. The normalized spacial score (nSPS) is 20.0. The number of H-pyrrole nitrogens is 1. The SMILES string of the molecule is NS(=O)(=O)c1ccc(C2CC2c2cccc(-c3ccn[nH]3)n2)cc1. The van der Waals surface area contributed by atoms with E-state index in [9.17, 15) is 8.42 Å². The summed E-state index contributed by atoms with van der Waals surface area (Å²) in [5.41, 5.74) is 3.93. The highest BCUT2D eigenvalue weighted by atomic mass is 32.2. The zero-order chi connectivity index (χ0) is 16.7. The highest BCUT2D eigenvalue weighted by molar-refractivity contribution is 7.89. The zero-order valence-corrected chi connectivity index (χ0v) is 13.6. The van der Waals surface area contributed by atoms with E-state index in [-0.39, 0.29) is 4.90 Å². The molecule has 1 aliphatic carbocycles. The van der Waals surface area contributed by atoms with Gasteiger partial charge in [-0.2, -0.15) is 5.10 Å². The Morgan fingerprint density at radius 3 is 2.50 bits per heavy atom. The molecule has 4 rings (SSSR count). The summed E-state index contributed by atoms with van der Waals surface area (Å²) >= 11 is 0. The van der Waals surface area contributed by atoms with Gasteiger partial charge < -0.3 is 0 Å². The summed E-state index contributed by atoms with van der Waals surface area (Å²) in [6.45, 7) is 0. The molecule has 122 valence electrons. The van der Waals surface area contributed by atoms with Gasteiger partial charge in [0.2, 0.25) is 10.0 Å². The number of hydrogen-bond acceptors (Lipinski definition) is 4. The first-order chi connectivity index (χ1) is 11.5. The largest absolute Gasteiger partial charge is 0.276 e. The Morgan fingerprint density at radius 2 is 1.83 bits per heavy atom. The highest BCUT2D eigenvalue weighted by Gasteiger charge is 2.40. The van der Waals surface area contributed by atoms with Crippen molar-refractivity contribution in [2.75, 3.05) is 0 Å². The van der Waals surface area contributed by atoms with Crippen molar-refractivity contribution in [1.29, 1.82) is 0 Å². The van der Waals surface area contributed by atoms with Crippen molar-refractivity contribution in [2.24, 2.45) is 5.14 Å². The molecule has 2 unspecified atom stereocenters. The molecule has 0 aliphatic heterocycles. The molecule has 3 aromatic rings. The second kappa shape index (κ2) is 5.54. The minimum absolute atomic E-state index is 0.141. The lowest BCUT2D eigenvalue weighted by Gasteiger charge is -2.04. The maximum Gasteiger partial charge on any atom is 0.238 e. The monoisotopic (exact) mass is 340 g/mol. The Bertz CT molecular complexity index is 966. The van der Waals surface area contributed by atoms with Gasteiger partial charge in [0.1, 0.15) is 0 Å². The van der Waals surface area contributed by atoms with Crippen molar-refractivity contribution in [2.45, 2.75) is 23.2 Å². The molecular formula is C17H16N4O2S. The molecular weight excluding hydrogens is 324 g/mol. The Labute approximate surface area is 139 Å². The number of rotatable bonds is 4. The first-order valence-electron chi connectivity index (χ1n) is 7.62. The smallest absolute Gasteiger partial charge is 0.238 e. The molecule has 2 aromatic heterocycles. The standard InChI is InChI=1S/C17H16N4O2S/c18-24(22,23)12-6-4-11(5-7-12)13-10-14(13)15-2-1-3-16(20-15)17-8-9-19-21-17/h1-9,13-14H,10H2,(H,19,21)(H2,18,22,23). The Balaban J connectivity index is 1.55. The fourth-order valence-corrected chi connectivity index (χ4v) is 3.52. The van der Waals surface area contributed by atoms with Crippen molar-refractivity contribution in [3.8, 4) is 11.4 Å². The molecule has 0 bridgehead atoms. The van der Waals surface area contributed by atoms with E-state index in [4.69, 9.17) is 10.1 Å². The maximum atomic E-state index is 11.3. The predicted octanol–water partition coefficient (Wildman–Crippen LogP) is 2.39. The van der Waals surface area contributed by atoms with Gasteiger partial charge in [0.05, 0.1) is 16.3 Å². The zero-order valence-electron chi connectivity index (χ0n) is 12.8. The molecule has 24 heavy (non-hydrogen) atoms.